The van der Waals surface area contributed by atoms with Crippen molar-refractivity contribution in [3.63, 3.8) is 0 Å². The van der Waals surface area contributed by atoms with Gasteiger partial charge in [0.2, 0.25) is 18.6 Å². The summed E-state index contributed by atoms with van der Waals surface area (Å²) in [6.45, 7) is 5.83. The average Bonchev–Trinajstić information content (AvgIpc) is 3.01. The van der Waals surface area contributed by atoms with Crippen LogP contribution in [0.4, 0.5) is 0 Å². The third-order valence-corrected chi connectivity index (χ3v) is 5.08. The fourth-order valence-corrected chi connectivity index (χ4v) is 3.01. The predicted octanol–water partition coefficient (Wildman–Crippen LogP) is 3.58. The predicted molar refractivity (Wildman–Crippen MR) is 143 cm³/mol. The van der Waals surface area contributed by atoms with E-state index in [1.807, 2.05) is 72.8 Å². The Labute approximate surface area is 253 Å². The van der Waals surface area contributed by atoms with Crippen LogP contribution in [-0.2, 0) is 29.1 Å². The molecule has 0 saturated heterocycles. The number of Topliss-reactive ketones (excluding diaryl/α,β-unsaturated/α-hetero) is 2. The number of aromatic nitrogens is 4. The van der Waals surface area contributed by atoms with Gasteiger partial charge in [-0.2, -0.15) is 0 Å². The van der Waals surface area contributed by atoms with Crippen molar-refractivity contribution in [2.45, 2.75) is 0 Å². The molecule has 0 saturated carbocycles. The van der Waals surface area contributed by atoms with Crippen molar-refractivity contribution in [1.29, 1.82) is 0 Å². The minimum atomic E-state index is -1.23. The van der Waals surface area contributed by atoms with E-state index < -0.39 is 33.1 Å². The molecule has 0 N–H and O–H groups in total. The molecule has 4 aromatic rings. The van der Waals surface area contributed by atoms with Crippen molar-refractivity contribution in [2.24, 2.45) is 0 Å². The Bertz CT molecular complexity index is 1280. The number of hydrogen-bond acceptors (Lipinski definition) is 8. The van der Waals surface area contributed by atoms with Gasteiger partial charge in [-0.25, -0.2) is 6.57 Å². The van der Waals surface area contributed by atoms with Gasteiger partial charge in [0.05, 0.1) is 32.8 Å². The van der Waals surface area contributed by atoms with Crippen molar-refractivity contribution >= 4 is 34.8 Å². The van der Waals surface area contributed by atoms with E-state index in [4.69, 9.17) is 29.8 Å². The van der Waals surface area contributed by atoms with Gasteiger partial charge in [-0.1, -0.05) is 59.0 Å². The Morgan fingerprint density at radius 1 is 0.600 bits per heavy atom. The first-order valence-corrected chi connectivity index (χ1v) is 11.7. The van der Waals surface area contributed by atoms with Crippen LogP contribution >= 0.6 is 23.2 Å². The summed E-state index contributed by atoms with van der Waals surface area (Å²) < 4.78 is 0. The Balaban J connectivity index is 0.000000282. The summed E-state index contributed by atoms with van der Waals surface area (Å²) in [5, 5.41) is 19.6. The number of carbonyl (C=O) groups excluding carboxylic acids is 2. The van der Waals surface area contributed by atoms with Gasteiger partial charge in [-0.05, 0) is 48.5 Å². The monoisotopic (exact) mass is 661 g/mol. The molecule has 0 radical (unpaired) electrons. The maximum atomic E-state index is 10.7. The van der Waals surface area contributed by atoms with Gasteiger partial charge >= 0.3 is 19.5 Å². The summed E-state index contributed by atoms with van der Waals surface area (Å²) >= 11 is 10.2. The van der Waals surface area contributed by atoms with Crippen LogP contribution in [0.3, 0.4) is 0 Å². The van der Waals surface area contributed by atoms with E-state index in [0.717, 1.165) is 22.8 Å². The molecule has 9 nitrogen and oxygen atoms in total. The summed E-state index contributed by atoms with van der Waals surface area (Å²) in [5.74, 6) is -4.92. The number of hydrogen-bond donors (Lipinski definition) is 0. The van der Waals surface area contributed by atoms with Crippen molar-refractivity contribution < 1.29 is 39.3 Å². The van der Waals surface area contributed by atoms with Gasteiger partial charge in [-0.15, -0.1) is 0 Å². The molecule has 4 heterocycles. The van der Waals surface area contributed by atoms with E-state index in [0.29, 0.717) is 0 Å². The third kappa shape index (κ3) is 10.1. The summed E-state index contributed by atoms with van der Waals surface area (Å²) in [4.78, 5) is 40.9. The first-order valence-electron chi connectivity index (χ1n) is 10.9. The molecule has 12 heteroatoms. The number of nitrogens with zero attached hydrogens (tertiary/aromatic N) is 5. The Hall–Kier alpha value is -4.29. The van der Waals surface area contributed by atoms with Gasteiger partial charge in [0.1, 0.15) is 0 Å². The van der Waals surface area contributed by atoms with E-state index >= 15 is 0 Å². The van der Waals surface area contributed by atoms with E-state index in [-0.39, 0.29) is 19.5 Å². The summed E-state index contributed by atoms with van der Waals surface area (Å²) in [6.07, 6.45) is 7.07. The molecule has 0 spiro atoms. The molecular weight excluding hydrogens is 642 g/mol. The molecule has 0 fully saturated rings. The van der Waals surface area contributed by atoms with Crippen molar-refractivity contribution in [2.75, 3.05) is 7.05 Å². The van der Waals surface area contributed by atoms with Gasteiger partial charge in [-0.3, -0.25) is 29.5 Å². The van der Waals surface area contributed by atoms with E-state index in [1.165, 1.54) is 7.05 Å². The minimum absolute atomic E-state index is 0. The molecule has 0 amide bonds. The van der Waals surface area contributed by atoms with Crippen molar-refractivity contribution in [1.82, 2.24) is 19.9 Å². The zero-order valence-electron chi connectivity index (χ0n) is 20.7. The normalized spacial score (nSPS) is 11.8. The Morgan fingerprint density at radius 2 is 0.825 bits per heavy atom. The van der Waals surface area contributed by atoms with Gasteiger partial charge in [0.15, 0.2) is 0 Å². The molecule has 0 atom stereocenters. The minimum Gasteiger partial charge on any atom is -0.872 e. The van der Waals surface area contributed by atoms with Crippen LogP contribution in [0.15, 0.2) is 119 Å². The number of ketones is 2. The topological polar surface area (TPSA) is 136 Å². The Morgan fingerprint density at radius 3 is 1.00 bits per heavy atom. The van der Waals surface area contributed by atoms with Crippen LogP contribution in [0.2, 0.25) is 0 Å². The summed E-state index contributed by atoms with van der Waals surface area (Å²) in [6, 6.07) is 23.2. The van der Waals surface area contributed by atoms with Crippen LogP contribution in [-0.4, -0.2) is 38.6 Å². The molecular formula is C28H19Cl2N5O4Ru. The first-order chi connectivity index (χ1) is 18.8. The van der Waals surface area contributed by atoms with E-state index in [1.54, 1.807) is 24.8 Å². The van der Waals surface area contributed by atoms with Gasteiger partial charge in [0, 0.05) is 24.8 Å². The first kappa shape index (κ1) is 33.7. The number of carbonyl (C=O) groups is 2. The number of allylic oxidation sites excluding steroid dienone is 2. The smallest absolute Gasteiger partial charge is 0.872 e. The molecule has 40 heavy (non-hydrogen) atoms. The average molecular weight is 661 g/mol. The van der Waals surface area contributed by atoms with E-state index in [9.17, 15) is 19.8 Å². The summed E-state index contributed by atoms with van der Waals surface area (Å²) in [7, 11) is 1.42. The quantitative estimate of drug-likeness (QED) is 0.138. The molecule has 4 aromatic heterocycles. The fraction of sp³-hybridized carbons (Fsp3) is 0.0357. The molecule has 0 aromatic carbocycles. The molecule has 0 bridgehead atoms. The molecule has 202 valence electrons. The fourth-order valence-electron chi connectivity index (χ4n) is 2.66. The molecule has 1 aliphatic carbocycles. The van der Waals surface area contributed by atoms with Crippen LogP contribution in [0.1, 0.15) is 0 Å². The summed E-state index contributed by atoms with van der Waals surface area (Å²) in [5.41, 5.74) is 3.66. The second kappa shape index (κ2) is 18.1. The molecule has 0 aliphatic heterocycles. The second-order valence-corrected chi connectivity index (χ2v) is 7.78. The van der Waals surface area contributed by atoms with E-state index in [2.05, 4.69) is 24.8 Å². The molecule has 0 unspecified atom stereocenters. The molecule has 1 aliphatic rings. The largest absolute Gasteiger partial charge is 2.00 e. The van der Waals surface area contributed by atoms with Crippen molar-refractivity contribution in [3.05, 3.63) is 131 Å². The van der Waals surface area contributed by atoms with Crippen LogP contribution < -0.4 is 10.2 Å². The number of halogens is 2. The molecule has 5 rings (SSSR count). The number of pyridine rings is 4. The maximum Gasteiger partial charge on any atom is 2.00 e. The van der Waals surface area contributed by atoms with Gasteiger partial charge in [0.25, 0.3) is 0 Å². The Kier molecular flexibility index (Phi) is 15.3. The second-order valence-electron chi connectivity index (χ2n) is 7.03. The standard InChI is InChI=1S/2C10H8N2.C6H2Cl2O4.C2H3N.Ru/c2*1-3-7-11-9(5-1)10-6-2-4-8-12-10;7-1-3(9)5(11)2(8)6(12)4(1)10;1-3-2;/h2*1-8H;9,11H;1H3;/q;;;;+2/p-2. The zero-order chi connectivity index (χ0) is 28.6. The van der Waals surface area contributed by atoms with Crippen LogP contribution in [0.25, 0.3) is 27.6 Å². The number of rotatable bonds is 2. The van der Waals surface area contributed by atoms with Crippen LogP contribution in [0, 0.1) is 6.57 Å². The SMILES string of the molecule is O=C1C(=O)C(Cl)=C([O-])C([O-])=C1Cl.[C-]#[N+]C.[Ru+2].c1ccc(-c2ccccn2)nc1.c1ccc(-c2ccccn2)nc1. The third-order valence-electron chi connectivity index (χ3n) is 4.39. The van der Waals surface area contributed by atoms with Gasteiger partial charge < -0.3 is 15.1 Å². The maximum absolute atomic E-state index is 10.7. The van der Waals surface area contributed by atoms with Crippen molar-refractivity contribution in [3.8, 4) is 22.8 Å². The van der Waals surface area contributed by atoms with Crippen LogP contribution in [0.5, 0.6) is 0 Å². The zero-order valence-corrected chi connectivity index (χ0v) is 24.0.